The van der Waals surface area contributed by atoms with Crippen molar-refractivity contribution in [1.29, 1.82) is 0 Å². The van der Waals surface area contributed by atoms with E-state index in [2.05, 4.69) is 15.5 Å². The Labute approximate surface area is 186 Å². The smallest absolute Gasteiger partial charge is 0.314 e. The molecule has 3 aliphatic rings. The number of benzene rings is 1. The first-order valence-electron chi connectivity index (χ1n) is 10.9. The summed E-state index contributed by atoms with van der Waals surface area (Å²) in [5.74, 6) is -1.80. The molecule has 1 N–H and O–H groups in total. The summed E-state index contributed by atoms with van der Waals surface area (Å²) < 4.78 is 57.2. The maximum absolute atomic E-state index is 13.4. The molecule has 7 nitrogen and oxygen atoms in total. The Balaban J connectivity index is 1.35. The van der Waals surface area contributed by atoms with Crippen LogP contribution < -0.4 is 5.32 Å². The third-order valence-corrected chi connectivity index (χ3v) is 6.92. The summed E-state index contributed by atoms with van der Waals surface area (Å²) >= 11 is 0. The van der Waals surface area contributed by atoms with Gasteiger partial charge in [-0.15, -0.1) is 10.2 Å². The number of hydrogen-bond acceptors (Lipinski definition) is 5. The van der Waals surface area contributed by atoms with E-state index in [1.54, 1.807) is 17.0 Å². The second kappa shape index (κ2) is 8.11. The predicted octanol–water partition coefficient (Wildman–Crippen LogP) is 4.10. The molecule has 2 aromatic rings. The van der Waals surface area contributed by atoms with E-state index in [9.17, 15) is 27.2 Å². The van der Waals surface area contributed by atoms with Crippen molar-refractivity contribution in [3.8, 4) is 11.5 Å². The van der Waals surface area contributed by atoms with Gasteiger partial charge in [0.1, 0.15) is 5.41 Å². The average Bonchev–Trinajstić information content (AvgIpc) is 3.36. The van der Waals surface area contributed by atoms with Crippen molar-refractivity contribution in [2.24, 2.45) is 5.41 Å². The van der Waals surface area contributed by atoms with Crippen LogP contribution in [0.3, 0.4) is 0 Å². The lowest BCUT2D eigenvalue weighted by atomic mass is 9.88. The van der Waals surface area contributed by atoms with Crippen LogP contribution in [0.4, 0.5) is 17.6 Å². The molecule has 1 aliphatic heterocycles. The van der Waals surface area contributed by atoms with Gasteiger partial charge in [-0.1, -0.05) is 18.9 Å². The number of carbonyl (C=O) groups excluding carboxylic acids is 2. The lowest BCUT2D eigenvalue weighted by Crippen LogP contribution is -2.55. The van der Waals surface area contributed by atoms with Crippen molar-refractivity contribution in [2.45, 2.75) is 70.0 Å². The van der Waals surface area contributed by atoms with E-state index in [0.717, 1.165) is 18.4 Å². The zero-order valence-electron chi connectivity index (χ0n) is 17.6. The summed E-state index contributed by atoms with van der Waals surface area (Å²) in [5.41, 5.74) is -0.0920. The van der Waals surface area contributed by atoms with E-state index in [1.807, 2.05) is 0 Å². The van der Waals surface area contributed by atoms with E-state index in [-0.39, 0.29) is 30.7 Å². The van der Waals surface area contributed by atoms with Crippen LogP contribution in [0.5, 0.6) is 0 Å². The minimum Gasteiger partial charge on any atom is -0.415 e. The topological polar surface area (TPSA) is 88.3 Å². The largest absolute Gasteiger partial charge is 0.415 e. The van der Waals surface area contributed by atoms with Gasteiger partial charge in [0.25, 0.3) is 18.2 Å². The molecule has 1 aromatic heterocycles. The molecule has 2 atom stereocenters. The summed E-state index contributed by atoms with van der Waals surface area (Å²) in [7, 11) is 0. The van der Waals surface area contributed by atoms with Gasteiger partial charge in [-0.05, 0) is 43.4 Å². The first kappa shape index (κ1) is 21.8. The van der Waals surface area contributed by atoms with Crippen LogP contribution in [-0.4, -0.2) is 45.4 Å². The summed E-state index contributed by atoms with van der Waals surface area (Å²) in [5, 5.41) is 9.75. The SMILES string of the molecule is O=C1c2cc(-c3nnc(C(F)F)o3)ccc2CN1[C@@H]1CCCC[C@H]1NC(=O)C1(C(F)F)CC1. The van der Waals surface area contributed by atoms with Crippen molar-refractivity contribution in [3.63, 3.8) is 0 Å². The first-order chi connectivity index (χ1) is 15.8. The zero-order chi connectivity index (χ0) is 23.3. The number of nitrogens with one attached hydrogen (secondary N) is 1. The number of fused-ring (bicyclic) bond motifs is 1. The summed E-state index contributed by atoms with van der Waals surface area (Å²) in [4.78, 5) is 27.5. The Morgan fingerprint density at radius 2 is 1.91 bits per heavy atom. The highest BCUT2D eigenvalue weighted by Gasteiger charge is 2.58. The molecular weight excluding hydrogens is 444 g/mol. The number of aromatic nitrogens is 2. The van der Waals surface area contributed by atoms with Crippen LogP contribution in [0.15, 0.2) is 22.6 Å². The van der Waals surface area contributed by atoms with Gasteiger partial charge in [-0.3, -0.25) is 9.59 Å². The highest BCUT2D eigenvalue weighted by molar-refractivity contribution is 5.99. The molecule has 2 saturated carbocycles. The van der Waals surface area contributed by atoms with Crippen LogP contribution in [0, 0.1) is 5.41 Å². The Morgan fingerprint density at radius 1 is 1.15 bits per heavy atom. The van der Waals surface area contributed by atoms with Crippen molar-refractivity contribution in [3.05, 3.63) is 35.2 Å². The molecule has 2 aliphatic carbocycles. The summed E-state index contributed by atoms with van der Waals surface area (Å²) in [6.07, 6.45) is -2.28. The van der Waals surface area contributed by atoms with E-state index < -0.39 is 36.1 Å². The number of halogens is 4. The third-order valence-electron chi connectivity index (χ3n) is 6.92. The van der Waals surface area contributed by atoms with Gasteiger partial charge in [0.05, 0.1) is 6.04 Å². The molecule has 11 heteroatoms. The molecule has 2 fully saturated rings. The van der Waals surface area contributed by atoms with Crippen molar-refractivity contribution in [2.75, 3.05) is 0 Å². The number of alkyl halides is 4. The molecule has 5 rings (SSSR count). The molecule has 0 spiro atoms. The van der Waals surface area contributed by atoms with E-state index in [0.29, 0.717) is 30.5 Å². The molecule has 176 valence electrons. The fourth-order valence-corrected chi connectivity index (χ4v) is 4.81. The van der Waals surface area contributed by atoms with Crippen molar-refractivity contribution >= 4 is 11.8 Å². The minimum absolute atomic E-state index is 0.108. The standard InChI is InChI=1S/C22H22F4N4O3/c23-16(24)18-29-28-17(33-18)11-5-6-12-10-30(19(31)13(12)9-11)15-4-2-1-3-14(15)27-21(32)22(7-8-22)20(25)26/h5-6,9,14-16,20H,1-4,7-8,10H2,(H,27,32)/t14-,15-/m1/s1. The maximum Gasteiger partial charge on any atom is 0.314 e. The second-order valence-electron chi connectivity index (χ2n) is 8.94. The van der Waals surface area contributed by atoms with Crippen LogP contribution in [0.1, 0.15) is 66.8 Å². The zero-order valence-corrected chi connectivity index (χ0v) is 17.6. The molecule has 2 amide bonds. The quantitative estimate of drug-likeness (QED) is 0.648. The number of amides is 2. The number of rotatable bonds is 6. The van der Waals surface area contributed by atoms with Gasteiger partial charge in [0, 0.05) is 23.7 Å². The minimum atomic E-state index is -2.89. The fraction of sp³-hybridized carbons (Fsp3) is 0.545. The Hall–Kier alpha value is -2.98. The van der Waals surface area contributed by atoms with Crippen molar-refractivity contribution in [1.82, 2.24) is 20.4 Å². The lowest BCUT2D eigenvalue weighted by molar-refractivity contribution is -0.133. The van der Waals surface area contributed by atoms with Gasteiger partial charge in [-0.2, -0.15) is 8.78 Å². The molecule has 0 radical (unpaired) electrons. The van der Waals surface area contributed by atoms with Crippen LogP contribution in [0.25, 0.3) is 11.5 Å². The number of carbonyl (C=O) groups is 2. The van der Waals surface area contributed by atoms with Gasteiger partial charge in [0.2, 0.25) is 11.8 Å². The predicted molar refractivity (Wildman–Crippen MR) is 106 cm³/mol. The van der Waals surface area contributed by atoms with E-state index in [4.69, 9.17) is 4.42 Å². The molecule has 0 bridgehead atoms. The van der Waals surface area contributed by atoms with Crippen LogP contribution in [-0.2, 0) is 11.3 Å². The molecule has 33 heavy (non-hydrogen) atoms. The van der Waals surface area contributed by atoms with E-state index >= 15 is 0 Å². The van der Waals surface area contributed by atoms with Gasteiger partial charge in [-0.25, -0.2) is 8.78 Å². The second-order valence-corrected chi connectivity index (χ2v) is 8.94. The Morgan fingerprint density at radius 3 is 2.58 bits per heavy atom. The summed E-state index contributed by atoms with van der Waals surface area (Å²) in [6, 6.07) is 4.16. The summed E-state index contributed by atoms with van der Waals surface area (Å²) in [6.45, 7) is 0.317. The lowest BCUT2D eigenvalue weighted by Gasteiger charge is -2.38. The van der Waals surface area contributed by atoms with Gasteiger partial charge >= 0.3 is 6.43 Å². The monoisotopic (exact) mass is 466 g/mol. The first-order valence-corrected chi connectivity index (χ1v) is 10.9. The highest BCUT2D eigenvalue weighted by atomic mass is 19.3. The molecular formula is C22H22F4N4O3. The maximum atomic E-state index is 13.4. The highest BCUT2D eigenvalue weighted by Crippen LogP contribution is 2.51. The normalized spacial score (nSPS) is 23.8. The molecule has 0 saturated heterocycles. The molecule has 1 aromatic carbocycles. The van der Waals surface area contributed by atoms with E-state index in [1.165, 1.54) is 6.07 Å². The Kier molecular flexibility index (Phi) is 5.37. The number of hydrogen-bond donors (Lipinski definition) is 1. The van der Waals surface area contributed by atoms with Crippen LogP contribution >= 0.6 is 0 Å². The number of nitrogens with zero attached hydrogens (tertiary/aromatic N) is 3. The van der Waals surface area contributed by atoms with Gasteiger partial charge in [0.15, 0.2) is 0 Å². The van der Waals surface area contributed by atoms with Crippen molar-refractivity contribution < 1.29 is 31.6 Å². The molecule has 0 unspecified atom stereocenters. The van der Waals surface area contributed by atoms with Crippen LogP contribution in [0.2, 0.25) is 0 Å². The Bertz CT molecular complexity index is 1090. The molecule has 2 heterocycles. The average molecular weight is 466 g/mol. The van der Waals surface area contributed by atoms with Gasteiger partial charge < -0.3 is 14.6 Å². The fourth-order valence-electron chi connectivity index (χ4n) is 4.81. The third kappa shape index (κ3) is 3.76.